The van der Waals surface area contributed by atoms with Gasteiger partial charge in [-0.15, -0.1) is 0 Å². The summed E-state index contributed by atoms with van der Waals surface area (Å²) in [5.41, 5.74) is 0. The van der Waals surface area contributed by atoms with E-state index in [1.807, 2.05) is 0 Å². The molecule has 1 N–H and O–H groups in total. The maximum Gasteiger partial charge on any atom is 0.140 e. The van der Waals surface area contributed by atoms with E-state index in [9.17, 15) is 8.78 Å². The van der Waals surface area contributed by atoms with Crippen molar-refractivity contribution in [3.8, 4) is 0 Å². The van der Waals surface area contributed by atoms with Crippen LogP contribution in [0.15, 0.2) is 0 Å². The molecule has 0 amide bonds. The molecule has 13 heavy (non-hydrogen) atoms. The van der Waals surface area contributed by atoms with Gasteiger partial charge in [0.05, 0.1) is 6.10 Å². The predicted molar refractivity (Wildman–Crippen MR) is 44.1 cm³/mol. The van der Waals surface area contributed by atoms with Gasteiger partial charge in [0, 0.05) is 26.7 Å². The van der Waals surface area contributed by atoms with Crippen LogP contribution >= 0.6 is 0 Å². The Morgan fingerprint density at radius 2 is 2.31 bits per heavy atom. The highest BCUT2D eigenvalue weighted by atomic mass is 19.1. The summed E-state index contributed by atoms with van der Waals surface area (Å²) >= 11 is 0. The number of likely N-dealkylation sites (tertiary alicyclic amines) is 1. The first-order valence-corrected chi connectivity index (χ1v) is 4.30. The molecule has 0 saturated carbocycles. The second-order valence-corrected chi connectivity index (χ2v) is 3.32. The zero-order chi connectivity index (χ0) is 9.84. The summed E-state index contributed by atoms with van der Waals surface area (Å²) in [7, 11) is 1.45. The van der Waals surface area contributed by atoms with Gasteiger partial charge in [0.1, 0.15) is 19.0 Å². The molecule has 0 aliphatic carbocycles. The number of aliphatic hydroxyl groups excluding tert-OH is 1. The van der Waals surface area contributed by atoms with Crippen molar-refractivity contribution in [2.45, 2.75) is 18.4 Å². The van der Waals surface area contributed by atoms with Gasteiger partial charge in [-0.05, 0) is 0 Å². The summed E-state index contributed by atoms with van der Waals surface area (Å²) in [5, 5.41) is 8.98. The maximum atomic E-state index is 13.1. The van der Waals surface area contributed by atoms with Gasteiger partial charge in [-0.1, -0.05) is 0 Å². The molecule has 3 nitrogen and oxygen atoms in total. The number of aliphatic hydroxyl groups is 1. The Kier molecular flexibility index (Phi) is 4.02. The molecule has 0 aromatic rings. The molecular formula is C8H15F2NO2. The number of β-amino-alcohol motifs (C(OH)–C–C–N with tert-alkyl or cyclic N) is 1. The zero-order valence-electron chi connectivity index (χ0n) is 7.62. The highest BCUT2D eigenvalue weighted by molar-refractivity contribution is 4.85. The Bertz CT molecular complexity index is 157. The fourth-order valence-electron chi connectivity index (χ4n) is 1.53. The van der Waals surface area contributed by atoms with E-state index in [-0.39, 0.29) is 13.1 Å². The molecule has 78 valence electrons. The van der Waals surface area contributed by atoms with E-state index in [1.165, 1.54) is 7.11 Å². The zero-order valence-corrected chi connectivity index (χ0v) is 7.62. The van der Waals surface area contributed by atoms with Crippen LogP contribution < -0.4 is 0 Å². The fraction of sp³-hybridized carbons (Fsp3) is 1.00. The molecule has 1 unspecified atom stereocenters. The molecule has 0 bridgehead atoms. The Labute approximate surface area is 76.3 Å². The van der Waals surface area contributed by atoms with Gasteiger partial charge < -0.3 is 9.84 Å². The van der Waals surface area contributed by atoms with Crippen molar-refractivity contribution in [1.29, 1.82) is 0 Å². The molecule has 1 aliphatic rings. The first-order valence-electron chi connectivity index (χ1n) is 4.30. The lowest BCUT2D eigenvalue weighted by atomic mass is 10.3. The van der Waals surface area contributed by atoms with E-state index >= 15 is 0 Å². The molecule has 5 heteroatoms. The monoisotopic (exact) mass is 195 g/mol. The van der Waals surface area contributed by atoms with E-state index in [1.54, 1.807) is 4.90 Å². The number of hydrogen-bond acceptors (Lipinski definition) is 3. The second kappa shape index (κ2) is 4.83. The van der Waals surface area contributed by atoms with Crippen LogP contribution in [-0.4, -0.2) is 61.8 Å². The normalized spacial score (nSPS) is 32.3. The minimum Gasteiger partial charge on any atom is -0.389 e. The molecule has 0 spiro atoms. The van der Waals surface area contributed by atoms with Crippen LogP contribution in [0.3, 0.4) is 0 Å². The van der Waals surface area contributed by atoms with E-state index in [2.05, 4.69) is 0 Å². The number of nitrogens with zero attached hydrogens (tertiary/aromatic N) is 1. The van der Waals surface area contributed by atoms with E-state index < -0.39 is 25.1 Å². The third-order valence-corrected chi connectivity index (χ3v) is 2.22. The summed E-state index contributed by atoms with van der Waals surface area (Å²) < 4.78 is 29.8. The summed E-state index contributed by atoms with van der Waals surface area (Å²) in [6, 6.07) is 0. The minimum absolute atomic E-state index is 0.177. The number of halogens is 2. The third kappa shape index (κ3) is 2.86. The average Bonchev–Trinajstić information content (AvgIpc) is 2.46. The van der Waals surface area contributed by atoms with E-state index in [0.29, 0.717) is 6.54 Å². The summed E-state index contributed by atoms with van der Waals surface area (Å²) in [6.07, 6.45) is -2.48. The topological polar surface area (TPSA) is 32.7 Å². The van der Waals surface area contributed by atoms with Crippen molar-refractivity contribution < 1.29 is 18.6 Å². The number of alkyl halides is 2. The van der Waals surface area contributed by atoms with Crippen molar-refractivity contribution in [3.63, 3.8) is 0 Å². The van der Waals surface area contributed by atoms with Crippen LogP contribution in [0, 0.1) is 0 Å². The van der Waals surface area contributed by atoms with Crippen molar-refractivity contribution in [2.24, 2.45) is 0 Å². The Balaban J connectivity index is 2.31. The number of rotatable bonds is 4. The standard InChI is InChI=1S/C8H15F2NO2/c1-13-8-5-11(4-7(8)10)3-6(12)2-9/h6-8,12H,2-5H2,1H3/t6?,7-,8-/m1/s1. The van der Waals surface area contributed by atoms with Crippen LogP contribution in [0.25, 0.3) is 0 Å². The number of methoxy groups -OCH3 is 1. The molecule has 0 aromatic carbocycles. The lowest BCUT2D eigenvalue weighted by Crippen LogP contribution is -2.32. The second-order valence-electron chi connectivity index (χ2n) is 3.32. The predicted octanol–water partition coefficient (Wildman–Crippen LogP) is -0.0145. The maximum absolute atomic E-state index is 13.1. The third-order valence-electron chi connectivity index (χ3n) is 2.22. The van der Waals surface area contributed by atoms with E-state index in [0.717, 1.165) is 0 Å². The highest BCUT2D eigenvalue weighted by Gasteiger charge is 2.33. The van der Waals surface area contributed by atoms with Crippen LogP contribution in [0.5, 0.6) is 0 Å². The molecule has 1 aliphatic heterocycles. The van der Waals surface area contributed by atoms with Gasteiger partial charge in [0.2, 0.25) is 0 Å². The number of hydrogen-bond donors (Lipinski definition) is 1. The molecule has 3 atom stereocenters. The molecule has 0 aromatic heterocycles. The van der Waals surface area contributed by atoms with Gasteiger partial charge in [-0.2, -0.15) is 0 Å². The largest absolute Gasteiger partial charge is 0.389 e. The Hall–Kier alpha value is -0.260. The molecule has 1 saturated heterocycles. The highest BCUT2D eigenvalue weighted by Crippen LogP contribution is 2.16. The molecule has 1 heterocycles. The summed E-state index contributed by atoms with van der Waals surface area (Å²) in [4.78, 5) is 1.67. The quantitative estimate of drug-likeness (QED) is 0.684. The summed E-state index contributed by atoms with van der Waals surface area (Å²) in [6.45, 7) is 0.0339. The molecule has 0 radical (unpaired) electrons. The van der Waals surface area contributed by atoms with Gasteiger partial charge in [-0.3, -0.25) is 4.90 Å². The van der Waals surface area contributed by atoms with Gasteiger partial charge in [0.15, 0.2) is 0 Å². The van der Waals surface area contributed by atoms with Crippen molar-refractivity contribution in [3.05, 3.63) is 0 Å². The van der Waals surface area contributed by atoms with Crippen molar-refractivity contribution in [1.82, 2.24) is 4.90 Å². The first-order chi connectivity index (χ1) is 6.17. The lowest BCUT2D eigenvalue weighted by Gasteiger charge is -2.17. The van der Waals surface area contributed by atoms with Crippen LogP contribution in [0.1, 0.15) is 0 Å². The van der Waals surface area contributed by atoms with Crippen LogP contribution in [0.4, 0.5) is 8.78 Å². The molecule has 1 fully saturated rings. The van der Waals surface area contributed by atoms with Gasteiger partial charge in [-0.25, -0.2) is 8.78 Å². The molecular weight excluding hydrogens is 180 g/mol. The number of ether oxygens (including phenoxy) is 1. The van der Waals surface area contributed by atoms with Crippen LogP contribution in [0.2, 0.25) is 0 Å². The Morgan fingerprint density at radius 3 is 2.77 bits per heavy atom. The smallest absolute Gasteiger partial charge is 0.140 e. The lowest BCUT2D eigenvalue weighted by molar-refractivity contribution is 0.0584. The van der Waals surface area contributed by atoms with Crippen LogP contribution in [-0.2, 0) is 4.74 Å². The minimum atomic E-state index is -1.03. The van der Waals surface area contributed by atoms with Crippen molar-refractivity contribution >= 4 is 0 Å². The fourth-order valence-corrected chi connectivity index (χ4v) is 1.53. The SMILES string of the molecule is CO[C@@H]1CN(CC(O)CF)C[C@H]1F. The van der Waals surface area contributed by atoms with Crippen molar-refractivity contribution in [2.75, 3.05) is 33.4 Å². The summed E-state index contributed by atoms with van der Waals surface area (Å²) in [5.74, 6) is 0. The first kappa shape index (κ1) is 10.8. The van der Waals surface area contributed by atoms with E-state index in [4.69, 9.17) is 9.84 Å². The van der Waals surface area contributed by atoms with Gasteiger partial charge >= 0.3 is 0 Å². The van der Waals surface area contributed by atoms with Gasteiger partial charge in [0.25, 0.3) is 0 Å². The average molecular weight is 195 g/mol. The Morgan fingerprint density at radius 1 is 1.62 bits per heavy atom. The molecule has 1 rings (SSSR count).